The second-order valence-electron chi connectivity index (χ2n) is 6.08. The van der Waals surface area contributed by atoms with Crippen LogP contribution in [0.5, 0.6) is 0 Å². The lowest BCUT2D eigenvalue weighted by Crippen LogP contribution is -2.51. The predicted octanol–water partition coefficient (Wildman–Crippen LogP) is 2.82. The van der Waals surface area contributed by atoms with Gasteiger partial charge in [0, 0.05) is 32.2 Å². The highest BCUT2D eigenvalue weighted by atomic mass is 35.5. The first-order chi connectivity index (χ1) is 11.2. The van der Waals surface area contributed by atoms with Crippen LogP contribution in [0.4, 0.5) is 0 Å². The molecule has 0 aromatic heterocycles. The van der Waals surface area contributed by atoms with Gasteiger partial charge in [-0.1, -0.05) is 42.5 Å². The van der Waals surface area contributed by atoms with Gasteiger partial charge in [0.1, 0.15) is 0 Å². The summed E-state index contributed by atoms with van der Waals surface area (Å²) in [6, 6.07) is 18.2. The van der Waals surface area contributed by atoms with E-state index in [-0.39, 0.29) is 12.4 Å². The average Bonchev–Trinajstić information content (AvgIpc) is 2.56. The van der Waals surface area contributed by atoms with E-state index >= 15 is 0 Å². The van der Waals surface area contributed by atoms with Gasteiger partial charge < -0.3 is 10.4 Å². The van der Waals surface area contributed by atoms with Crippen LogP contribution in [0.2, 0.25) is 0 Å². The molecular formula is C19H23ClN2O2. The maximum Gasteiger partial charge on any atom is 0.335 e. The van der Waals surface area contributed by atoms with E-state index in [2.05, 4.69) is 34.5 Å². The minimum absolute atomic E-state index is 0. The second-order valence-corrected chi connectivity index (χ2v) is 6.08. The Morgan fingerprint density at radius 2 is 1.88 bits per heavy atom. The predicted molar refractivity (Wildman–Crippen MR) is 97.9 cm³/mol. The van der Waals surface area contributed by atoms with Gasteiger partial charge in [0.25, 0.3) is 0 Å². The molecule has 0 amide bonds. The van der Waals surface area contributed by atoms with Gasteiger partial charge >= 0.3 is 5.97 Å². The topological polar surface area (TPSA) is 52.6 Å². The molecule has 24 heavy (non-hydrogen) atoms. The van der Waals surface area contributed by atoms with E-state index in [0.717, 1.165) is 38.2 Å². The highest BCUT2D eigenvalue weighted by molar-refractivity contribution is 5.87. The van der Waals surface area contributed by atoms with Crippen LogP contribution in [0.1, 0.15) is 21.5 Å². The Labute approximate surface area is 148 Å². The molecule has 0 spiro atoms. The Hall–Kier alpha value is -1.88. The molecule has 2 N–H and O–H groups in total. The maximum atomic E-state index is 11.1. The molecule has 0 saturated carbocycles. The van der Waals surface area contributed by atoms with Crippen molar-refractivity contribution in [3.8, 4) is 0 Å². The molecule has 3 rings (SSSR count). The molecule has 4 nitrogen and oxygen atoms in total. The highest BCUT2D eigenvalue weighted by Crippen LogP contribution is 2.12. The van der Waals surface area contributed by atoms with Crippen LogP contribution in [-0.4, -0.2) is 41.7 Å². The van der Waals surface area contributed by atoms with Crippen LogP contribution in [0, 0.1) is 0 Å². The fourth-order valence-electron chi connectivity index (χ4n) is 3.13. The van der Waals surface area contributed by atoms with Crippen LogP contribution < -0.4 is 5.32 Å². The smallest absolute Gasteiger partial charge is 0.335 e. The van der Waals surface area contributed by atoms with Crippen LogP contribution in [0.15, 0.2) is 54.6 Å². The number of nitrogens with one attached hydrogen (secondary N) is 1. The van der Waals surface area contributed by atoms with E-state index in [1.54, 1.807) is 12.1 Å². The summed E-state index contributed by atoms with van der Waals surface area (Å²) in [5, 5.41) is 12.7. The van der Waals surface area contributed by atoms with E-state index < -0.39 is 5.97 Å². The molecular weight excluding hydrogens is 324 g/mol. The number of nitrogens with zero attached hydrogens (tertiary/aromatic N) is 1. The number of carboxylic acid groups (broad SMARTS) is 1. The van der Waals surface area contributed by atoms with Crippen molar-refractivity contribution in [2.75, 3.05) is 19.6 Å². The van der Waals surface area contributed by atoms with Crippen LogP contribution in [-0.2, 0) is 13.0 Å². The van der Waals surface area contributed by atoms with Crippen molar-refractivity contribution >= 4 is 18.4 Å². The molecule has 0 bridgehead atoms. The summed E-state index contributed by atoms with van der Waals surface area (Å²) in [6.45, 7) is 3.74. The Bertz CT molecular complexity index is 663. The quantitative estimate of drug-likeness (QED) is 0.874. The molecule has 0 radical (unpaired) electrons. The molecule has 128 valence electrons. The standard InChI is InChI=1S/C19H22N2O2.ClH/c22-19(23)17-8-4-7-16(11-17)13-21-10-9-20-18(14-21)12-15-5-2-1-3-6-15;/h1-8,11,18,20H,9-10,12-14H2,(H,22,23);1H/t18-;/m0./s1. The first-order valence-electron chi connectivity index (χ1n) is 8.02. The first-order valence-corrected chi connectivity index (χ1v) is 8.02. The fourth-order valence-corrected chi connectivity index (χ4v) is 3.13. The van der Waals surface area contributed by atoms with Crippen molar-refractivity contribution < 1.29 is 9.90 Å². The van der Waals surface area contributed by atoms with Crippen molar-refractivity contribution in [2.24, 2.45) is 0 Å². The lowest BCUT2D eigenvalue weighted by atomic mass is 10.0. The van der Waals surface area contributed by atoms with Crippen molar-refractivity contribution in [1.82, 2.24) is 10.2 Å². The normalized spacial score (nSPS) is 17.9. The molecule has 0 aliphatic carbocycles. The first kappa shape index (κ1) is 18.5. The summed E-state index contributed by atoms with van der Waals surface area (Å²) in [5.74, 6) is -0.867. The van der Waals surface area contributed by atoms with Gasteiger partial charge in [-0.15, -0.1) is 12.4 Å². The minimum atomic E-state index is -0.867. The molecule has 1 saturated heterocycles. The summed E-state index contributed by atoms with van der Waals surface area (Å²) in [4.78, 5) is 13.5. The summed E-state index contributed by atoms with van der Waals surface area (Å²) in [7, 11) is 0. The van der Waals surface area contributed by atoms with Crippen molar-refractivity contribution in [3.05, 3.63) is 71.3 Å². The Balaban J connectivity index is 0.00000208. The van der Waals surface area contributed by atoms with Crippen LogP contribution in [0.3, 0.4) is 0 Å². The van der Waals surface area contributed by atoms with Crippen molar-refractivity contribution in [1.29, 1.82) is 0 Å². The maximum absolute atomic E-state index is 11.1. The second kappa shape index (κ2) is 8.83. The molecule has 1 heterocycles. The summed E-state index contributed by atoms with van der Waals surface area (Å²) in [5.41, 5.74) is 2.77. The van der Waals surface area contributed by atoms with Crippen molar-refractivity contribution in [2.45, 2.75) is 19.0 Å². The van der Waals surface area contributed by atoms with Gasteiger partial charge in [-0.2, -0.15) is 0 Å². The highest BCUT2D eigenvalue weighted by Gasteiger charge is 2.19. The zero-order chi connectivity index (χ0) is 16.1. The number of hydrogen-bond donors (Lipinski definition) is 2. The Kier molecular flexibility index (Phi) is 6.79. The Morgan fingerprint density at radius 1 is 1.12 bits per heavy atom. The molecule has 1 aliphatic rings. The number of halogens is 1. The van der Waals surface area contributed by atoms with E-state index in [0.29, 0.717) is 11.6 Å². The summed E-state index contributed by atoms with van der Waals surface area (Å²) in [6.07, 6.45) is 1.02. The molecule has 2 aromatic rings. The van der Waals surface area contributed by atoms with Crippen molar-refractivity contribution in [3.63, 3.8) is 0 Å². The van der Waals surface area contributed by atoms with Crippen LogP contribution in [0.25, 0.3) is 0 Å². The van der Waals surface area contributed by atoms with E-state index in [9.17, 15) is 4.79 Å². The lowest BCUT2D eigenvalue weighted by molar-refractivity contribution is 0.0696. The zero-order valence-corrected chi connectivity index (χ0v) is 14.3. The van der Waals surface area contributed by atoms with Gasteiger partial charge in [0.05, 0.1) is 5.56 Å². The van der Waals surface area contributed by atoms with Gasteiger partial charge in [0.2, 0.25) is 0 Å². The number of benzene rings is 2. The minimum Gasteiger partial charge on any atom is -0.478 e. The monoisotopic (exact) mass is 346 g/mol. The van der Waals surface area contributed by atoms with Crippen LogP contribution >= 0.6 is 12.4 Å². The lowest BCUT2D eigenvalue weighted by Gasteiger charge is -2.34. The average molecular weight is 347 g/mol. The number of rotatable bonds is 5. The molecule has 2 aromatic carbocycles. The zero-order valence-electron chi connectivity index (χ0n) is 13.5. The number of hydrogen-bond acceptors (Lipinski definition) is 3. The Morgan fingerprint density at radius 3 is 2.62 bits per heavy atom. The number of piperazine rings is 1. The number of carbonyl (C=O) groups is 1. The number of carboxylic acids is 1. The van der Waals surface area contributed by atoms with E-state index in [4.69, 9.17) is 5.11 Å². The van der Waals surface area contributed by atoms with E-state index in [1.807, 2.05) is 18.2 Å². The summed E-state index contributed by atoms with van der Waals surface area (Å²) < 4.78 is 0. The van der Waals surface area contributed by atoms with Gasteiger partial charge in [0.15, 0.2) is 0 Å². The van der Waals surface area contributed by atoms with Gasteiger partial charge in [-0.3, -0.25) is 4.90 Å². The largest absolute Gasteiger partial charge is 0.478 e. The molecule has 5 heteroatoms. The molecule has 1 atom stereocenters. The third kappa shape index (κ3) is 5.06. The molecule has 0 unspecified atom stereocenters. The van der Waals surface area contributed by atoms with Gasteiger partial charge in [-0.25, -0.2) is 4.79 Å². The van der Waals surface area contributed by atoms with Gasteiger partial charge in [-0.05, 0) is 29.7 Å². The third-order valence-electron chi connectivity index (χ3n) is 4.24. The summed E-state index contributed by atoms with van der Waals surface area (Å²) >= 11 is 0. The SMILES string of the molecule is Cl.O=C(O)c1cccc(CN2CCN[C@@H](Cc3ccccc3)C2)c1. The third-order valence-corrected chi connectivity index (χ3v) is 4.24. The molecule has 1 aliphatic heterocycles. The fraction of sp³-hybridized carbons (Fsp3) is 0.316. The van der Waals surface area contributed by atoms with E-state index in [1.165, 1.54) is 5.56 Å². The number of aromatic carboxylic acids is 1. The molecule has 1 fully saturated rings.